The van der Waals surface area contributed by atoms with Gasteiger partial charge in [0.05, 0.1) is 0 Å². The van der Waals surface area contributed by atoms with Crippen molar-refractivity contribution in [1.29, 1.82) is 0 Å². The second-order valence-electron chi connectivity index (χ2n) is 7.62. The molecule has 0 bridgehead atoms. The number of rotatable bonds is 21. The third kappa shape index (κ3) is 22.4. The zero-order valence-electron chi connectivity index (χ0n) is 17.3. The molecule has 0 spiro atoms. The Labute approximate surface area is 159 Å². The van der Waals surface area contributed by atoms with Gasteiger partial charge in [0, 0.05) is 0 Å². The van der Waals surface area contributed by atoms with Crippen LogP contribution in [0.2, 0.25) is 0 Å². The van der Waals surface area contributed by atoms with Crippen molar-refractivity contribution in [1.82, 2.24) is 0 Å². The van der Waals surface area contributed by atoms with E-state index in [-0.39, 0.29) is 0 Å². The lowest BCUT2D eigenvalue weighted by atomic mass is 10.0. The molecule has 0 amide bonds. The van der Waals surface area contributed by atoms with Gasteiger partial charge in [-0.1, -0.05) is 123 Å². The molecular weight excluding hydrogens is 308 g/mol. The Bertz CT molecular complexity index is 180. The average molecular weight is 357 g/mol. The van der Waals surface area contributed by atoms with E-state index in [1.807, 2.05) is 0 Å². The third-order valence-electron chi connectivity index (χ3n) is 4.99. The second kappa shape index (κ2) is 23.4. The monoisotopic (exact) mass is 356 g/mol. The molecule has 0 aromatic carbocycles. The predicted molar refractivity (Wildman–Crippen MR) is 116 cm³/mol. The summed E-state index contributed by atoms with van der Waals surface area (Å²) in [6.07, 6.45) is 27.9. The third-order valence-corrected chi connectivity index (χ3v) is 6.26. The van der Waals surface area contributed by atoms with Crippen molar-refractivity contribution in [2.75, 3.05) is 11.5 Å². The zero-order chi connectivity index (χ0) is 17.6. The van der Waals surface area contributed by atoms with Crippen LogP contribution in [-0.4, -0.2) is 11.5 Å². The summed E-state index contributed by atoms with van der Waals surface area (Å²) in [7, 11) is 0. The van der Waals surface area contributed by atoms with Gasteiger partial charge in [0.25, 0.3) is 0 Å². The highest BCUT2D eigenvalue weighted by Gasteiger charge is 1.95. The van der Waals surface area contributed by atoms with Crippen LogP contribution in [0.15, 0.2) is 0 Å². The Morgan fingerprint density at radius 1 is 0.333 bits per heavy atom. The van der Waals surface area contributed by atoms with Crippen LogP contribution < -0.4 is 0 Å². The van der Waals surface area contributed by atoms with E-state index in [1.165, 1.54) is 134 Å². The molecule has 0 saturated heterocycles. The van der Waals surface area contributed by atoms with E-state index >= 15 is 0 Å². The average Bonchev–Trinajstić information content (AvgIpc) is 2.60. The highest BCUT2D eigenvalue weighted by molar-refractivity contribution is 7.99. The Kier molecular flexibility index (Phi) is 23.7. The summed E-state index contributed by atoms with van der Waals surface area (Å²) in [4.78, 5) is 0. The Hall–Kier alpha value is 0.350. The summed E-state index contributed by atoms with van der Waals surface area (Å²) in [5.74, 6) is 2.76. The molecule has 1 heteroatoms. The van der Waals surface area contributed by atoms with Gasteiger partial charge in [-0.05, 0) is 24.3 Å². The molecular formula is C23H48S. The fourth-order valence-corrected chi connectivity index (χ4v) is 4.25. The molecule has 0 radical (unpaired) electrons. The molecule has 0 unspecified atom stereocenters. The van der Waals surface area contributed by atoms with Crippen molar-refractivity contribution < 1.29 is 0 Å². The minimum Gasteiger partial charge on any atom is -0.162 e. The van der Waals surface area contributed by atoms with Crippen LogP contribution in [0.4, 0.5) is 0 Å². The fraction of sp³-hybridized carbons (Fsp3) is 1.00. The molecule has 0 saturated carbocycles. The molecule has 0 fully saturated rings. The van der Waals surface area contributed by atoms with Crippen LogP contribution in [0.5, 0.6) is 0 Å². The maximum Gasteiger partial charge on any atom is -0.00675 e. The van der Waals surface area contributed by atoms with Crippen LogP contribution in [0.1, 0.15) is 136 Å². The number of hydrogen-bond donors (Lipinski definition) is 0. The largest absolute Gasteiger partial charge is 0.162 e. The molecule has 0 aromatic heterocycles. The lowest BCUT2D eigenvalue weighted by Crippen LogP contribution is -1.85. The van der Waals surface area contributed by atoms with Crippen molar-refractivity contribution in [3.05, 3.63) is 0 Å². The summed E-state index contributed by atoms with van der Waals surface area (Å²) >= 11 is 2.14. The van der Waals surface area contributed by atoms with Gasteiger partial charge in [0.1, 0.15) is 0 Å². The lowest BCUT2D eigenvalue weighted by molar-refractivity contribution is 0.526. The van der Waals surface area contributed by atoms with Gasteiger partial charge in [0.15, 0.2) is 0 Å². The molecule has 24 heavy (non-hydrogen) atoms. The van der Waals surface area contributed by atoms with Crippen molar-refractivity contribution in [2.45, 2.75) is 136 Å². The van der Waals surface area contributed by atoms with E-state index in [1.54, 1.807) is 0 Å². The zero-order valence-corrected chi connectivity index (χ0v) is 18.1. The molecule has 0 aliphatic carbocycles. The van der Waals surface area contributed by atoms with Gasteiger partial charge in [-0.3, -0.25) is 0 Å². The molecule has 0 nitrogen and oxygen atoms in total. The van der Waals surface area contributed by atoms with Crippen molar-refractivity contribution >= 4 is 11.8 Å². The van der Waals surface area contributed by atoms with Crippen LogP contribution in [0.3, 0.4) is 0 Å². The summed E-state index contributed by atoms with van der Waals surface area (Å²) < 4.78 is 0. The topological polar surface area (TPSA) is 0 Å². The summed E-state index contributed by atoms with van der Waals surface area (Å²) in [6.45, 7) is 4.58. The van der Waals surface area contributed by atoms with Crippen LogP contribution in [0, 0.1) is 0 Å². The Morgan fingerprint density at radius 2 is 0.667 bits per heavy atom. The normalized spacial score (nSPS) is 11.2. The Morgan fingerprint density at radius 3 is 1.00 bits per heavy atom. The Balaban J connectivity index is 2.93. The first-order valence-electron chi connectivity index (χ1n) is 11.5. The maximum absolute atomic E-state index is 2.30. The minimum atomic E-state index is 1.34. The SMILES string of the molecule is CCCCCCCCCCCCCCCCCCCCSCCC. The molecule has 146 valence electrons. The predicted octanol–water partition coefficient (Wildman–Crippen LogP) is 9.17. The minimum absolute atomic E-state index is 1.34. The van der Waals surface area contributed by atoms with E-state index in [2.05, 4.69) is 25.6 Å². The van der Waals surface area contributed by atoms with Crippen LogP contribution >= 0.6 is 11.8 Å². The lowest BCUT2D eigenvalue weighted by Gasteiger charge is -2.04. The smallest absolute Gasteiger partial charge is 0.00675 e. The molecule has 0 heterocycles. The van der Waals surface area contributed by atoms with Gasteiger partial charge in [-0.2, -0.15) is 11.8 Å². The van der Waals surface area contributed by atoms with E-state index in [4.69, 9.17) is 0 Å². The van der Waals surface area contributed by atoms with Crippen LogP contribution in [-0.2, 0) is 0 Å². The highest BCUT2D eigenvalue weighted by Crippen LogP contribution is 2.15. The second-order valence-corrected chi connectivity index (χ2v) is 8.85. The summed E-state index contributed by atoms with van der Waals surface area (Å²) in [5.41, 5.74) is 0. The van der Waals surface area contributed by atoms with Gasteiger partial charge in [-0.15, -0.1) is 0 Å². The number of hydrogen-bond acceptors (Lipinski definition) is 1. The molecule has 0 aliphatic rings. The first-order chi connectivity index (χ1) is 11.9. The number of thioether (sulfide) groups is 1. The quantitative estimate of drug-likeness (QED) is 0.185. The summed E-state index contributed by atoms with van der Waals surface area (Å²) in [5, 5.41) is 0. The first-order valence-corrected chi connectivity index (χ1v) is 12.6. The van der Waals surface area contributed by atoms with E-state index < -0.39 is 0 Å². The van der Waals surface area contributed by atoms with Crippen molar-refractivity contribution in [3.63, 3.8) is 0 Å². The van der Waals surface area contributed by atoms with E-state index in [0.29, 0.717) is 0 Å². The number of unbranched alkanes of at least 4 members (excludes halogenated alkanes) is 17. The van der Waals surface area contributed by atoms with Gasteiger partial charge in [-0.25, -0.2) is 0 Å². The highest BCUT2D eigenvalue weighted by atomic mass is 32.2. The standard InChI is InChI=1S/C23H48S/c1-3-5-6-7-8-9-10-11-12-13-14-15-16-17-18-19-20-21-23-24-22-4-2/h3-23H2,1-2H3. The maximum atomic E-state index is 2.30. The summed E-state index contributed by atoms with van der Waals surface area (Å²) in [6, 6.07) is 0. The van der Waals surface area contributed by atoms with Crippen molar-refractivity contribution in [2.24, 2.45) is 0 Å². The van der Waals surface area contributed by atoms with Gasteiger partial charge >= 0.3 is 0 Å². The molecule has 0 rings (SSSR count). The molecule has 0 aromatic rings. The van der Waals surface area contributed by atoms with Gasteiger partial charge < -0.3 is 0 Å². The fourth-order valence-electron chi connectivity index (χ4n) is 3.35. The van der Waals surface area contributed by atoms with Crippen LogP contribution in [0.25, 0.3) is 0 Å². The molecule has 0 atom stereocenters. The van der Waals surface area contributed by atoms with E-state index in [0.717, 1.165) is 0 Å². The van der Waals surface area contributed by atoms with E-state index in [9.17, 15) is 0 Å². The first kappa shape index (κ1) is 24.4. The van der Waals surface area contributed by atoms with Crippen molar-refractivity contribution in [3.8, 4) is 0 Å². The molecule has 0 N–H and O–H groups in total. The molecule has 0 aliphatic heterocycles. The van der Waals surface area contributed by atoms with Gasteiger partial charge in [0.2, 0.25) is 0 Å².